The molecule has 17 heavy (non-hydrogen) atoms. The van der Waals surface area contributed by atoms with E-state index in [4.69, 9.17) is 4.74 Å². The molecule has 4 bridgehead atoms. The first-order valence-corrected chi connectivity index (χ1v) is 8.13. The van der Waals surface area contributed by atoms with Gasteiger partial charge < -0.3 is 4.74 Å². The summed E-state index contributed by atoms with van der Waals surface area (Å²) in [7, 11) is 0. The fourth-order valence-electron chi connectivity index (χ4n) is 4.99. The van der Waals surface area contributed by atoms with E-state index >= 15 is 0 Å². The van der Waals surface area contributed by atoms with E-state index in [-0.39, 0.29) is 11.2 Å². The summed E-state index contributed by atoms with van der Waals surface area (Å²) in [4.78, 5) is 0.564. The lowest BCUT2D eigenvalue weighted by Gasteiger charge is -2.66. The van der Waals surface area contributed by atoms with Crippen LogP contribution in [-0.4, -0.2) is 16.0 Å². The van der Waals surface area contributed by atoms with Gasteiger partial charge in [0.25, 0.3) is 0 Å². The molecule has 2 aliphatic heterocycles. The van der Waals surface area contributed by atoms with Crippen LogP contribution in [0.3, 0.4) is 0 Å². The number of fused-ring (bicyclic) bond motifs is 1. The van der Waals surface area contributed by atoms with Gasteiger partial charge in [0.1, 0.15) is 0 Å². The minimum absolute atomic E-state index is 0.0850. The van der Waals surface area contributed by atoms with Gasteiger partial charge in [-0.2, -0.15) is 0 Å². The maximum Gasteiger partial charge on any atom is 0.0789 e. The first-order chi connectivity index (χ1) is 7.87. The van der Waals surface area contributed by atoms with Crippen molar-refractivity contribution in [2.45, 2.75) is 69.4 Å². The highest BCUT2D eigenvalue weighted by molar-refractivity contribution is 9.09. The molecule has 0 aromatic rings. The molecule has 4 rings (SSSR count). The number of rotatable bonds is 1. The molecule has 6 atom stereocenters. The second-order valence-electron chi connectivity index (χ2n) is 7.30. The zero-order valence-electron chi connectivity index (χ0n) is 11.5. The Labute approximate surface area is 114 Å². The summed E-state index contributed by atoms with van der Waals surface area (Å²) in [5.74, 6) is 3.32. The summed E-state index contributed by atoms with van der Waals surface area (Å²) in [6.07, 6.45) is 5.24. The highest BCUT2D eigenvalue weighted by Gasteiger charge is 2.63. The van der Waals surface area contributed by atoms with Crippen LogP contribution in [-0.2, 0) is 4.74 Å². The number of alkyl halides is 1. The molecule has 2 heterocycles. The second-order valence-corrected chi connectivity index (χ2v) is 8.28. The van der Waals surface area contributed by atoms with Crippen LogP contribution in [0.25, 0.3) is 0 Å². The topological polar surface area (TPSA) is 9.23 Å². The van der Waals surface area contributed by atoms with E-state index in [1.807, 2.05) is 0 Å². The van der Waals surface area contributed by atoms with Crippen LogP contribution in [0, 0.1) is 23.7 Å². The van der Waals surface area contributed by atoms with Gasteiger partial charge in [-0.25, -0.2) is 0 Å². The van der Waals surface area contributed by atoms with Gasteiger partial charge in [0, 0.05) is 4.83 Å². The van der Waals surface area contributed by atoms with Gasteiger partial charge in [-0.1, -0.05) is 29.8 Å². The van der Waals surface area contributed by atoms with Gasteiger partial charge in [0.05, 0.1) is 11.2 Å². The molecule has 0 unspecified atom stereocenters. The standard InChI is InChI=1S/C15H25BrO/c1-9(2)10-5-7-14(3)11-6-8-15(4,17-14)13(16)12(10)11/h9-13H,5-8H2,1-4H3/t10-,11-,12-,13+,14+,15+/m1/s1. The number of halogens is 1. The van der Waals surface area contributed by atoms with Gasteiger partial charge in [-0.15, -0.1) is 0 Å². The Balaban J connectivity index is 2.00. The van der Waals surface area contributed by atoms with Crippen LogP contribution in [0.2, 0.25) is 0 Å². The average molecular weight is 301 g/mol. The van der Waals surface area contributed by atoms with Crippen LogP contribution in [0.1, 0.15) is 53.4 Å². The third kappa shape index (κ3) is 1.59. The Morgan fingerprint density at radius 1 is 1.12 bits per heavy atom. The van der Waals surface area contributed by atoms with Crippen molar-refractivity contribution in [1.29, 1.82) is 0 Å². The molecule has 2 aliphatic carbocycles. The Morgan fingerprint density at radius 3 is 2.41 bits per heavy atom. The summed E-state index contributed by atoms with van der Waals surface area (Å²) in [5, 5.41) is 0. The summed E-state index contributed by atoms with van der Waals surface area (Å²) in [6, 6.07) is 0. The lowest BCUT2D eigenvalue weighted by Crippen LogP contribution is -2.68. The van der Waals surface area contributed by atoms with E-state index in [1.54, 1.807) is 0 Å². The molecule has 0 aromatic carbocycles. The Hall–Kier alpha value is 0.440. The average Bonchev–Trinajstić information content (AvgIpc) is 2.23. The predicted octanol–water partition coefficient (Wildman–Crippen LogP) is 4.39. The Morgan fingerprint density at radius 2 is 1.76 bits per heavy atom. The normalized spacial score (nSPS) is 57.5. The SMILES string of the molecule is CC(C)[C@H]1CC[C@]2(C)O[C@@]3(C)CC[C@@H]2[C@@H]1[C@@H]3Br. The van der Waals surface area contributed by atoms with Crippen molar-refractivity contribution in [3.05, 3.63) is 0 Å². The van der Waals surface area contributed by atoms with Crippen LogP contribution < -0.4 is 0 Å². The van der Waals surface area contributed by atoms with Crippen molar-refractivity contribution in [3.63, 3.8) is 0 Å². The highest BCUT2D eigenvalue weighted by Crippen LogP contribution is 2.62. The molecule has 2 saturated carbocycles. The van der Waals surface area contributed by atoms with Crippen LogP contribution in [0.15, 0.2) is 0 Å². The van der Waals surface area contributed by atoms with E-state index in [0.29, 0.717) is 4.83 Å². The first-order valence-electron chi connectivity index (χ1n) is 7.22. The molecular weight excluding hydrogens is 276 g/mol. The Bertz CT molecular complexity index is 325. The van der Waals surface area contributed by atoms with Crippen molar-refractivity contribution in [1.82, 2.24) is 0 Å². The maximum atomic E-state index is 6.52. The van der Waals surface area contributed by atoms with E-state index < -0.39 is 0 Å². The minimum Gasteiger partial charge on any atom is -0.368 e. The van der Waals surface area contributed by atoms with E-state index in [9.17, 15) is 0 Å². The second kappa shape index (κ2) is 3.72. The van der Waals surface area contributed by atoms with Crippen LogP contribution in [0.4, 0.5) is 0 Å². The van der Waals surface area contributed by atoms with Crippen molar-refractivity contribution in [2.75, 3.05) is 0 Å². The molecular formula is C15H25BrO. The Kier molecular flexibility index (Phi) is 2.73. The first kappa shape index (κ1) is 12.5. The molecule has 2 saturated heterocycles. The molecule has 98 valence electrons. The van der Waals surface area contributed by atoms with Gasteiger partial charge in [0.2, 0.25) is 0 Å². The molecule has 0 amide bonds. The summed E-state index contributed by atoms with van der Waals surface area (Å²) in [6.45, 7) is 9.50. The molecule has 2 heteroatoms. The lowest BCUT2D eigenvalue weighted by atomic mass is 9.52. The fraction of sp³-hybridized carbons (Fsp3) is 1.00. The maximum absolute atomic E-state index is 6.52. The van der Waals surface area contributed by atoms with Crippen molar-refractivity contribution < 1.29 is 4.74 Å². The van der Waals surface area contributed by atoms with Crippen molar-refractivity contribution >= 4 is 15.9 Å². The van der Waals surface area contributed by atoms with Gasteiger partial charge >= 0.3 is 0 Å². The van der Waals surface area contributed by atoms with Gasteiger partial charge in [0.15, 0.2) is 0 Å². The third-order valence-electron chi connectivity index (χ3n) is 5.91. The minimum atomic E-state index is 0.0850. The zero-order chi connectivity index (χ0) is 12.4. The van der Waals surface area contributed by atoms with Gasteiger partial charge in [-0.05, 0) is 63.2 Å². The van der Waals surface area contributed by atoms with Crippen molar-refractivity contribution in [2.24, 2.45) is 23.7 Å². The lowest BCUT2D eigenvalue weighted by molar-refractivity contribution is -0.280. The monoisotopic (exact) mass is 300 g/mol. The predicted molar refractivity (Wildman–Crippen MR) is 74.4 cm³/mol. The van der Waals surface area contributed by atoms with Crippen LogP contribution in [0.5, 0.6) is 0 Å². The highest BCUT2D eigenvalue weighted by atomic mass is 79.9. The quantitative estimate of drug-likeness (QED) is 0.653. The fourth-order valence-corrected chi connectivity index (χ4v) is 6.07. The number of hydrogen-bond donors (Lipinski definition) is 0. The summed E-state index contributed by atoms with van der Waals surface area (Å²) in [5.41, 5.74) is 0.259. The molecule has 1 nitrogen and oxygen atoms in total. The third-order valence-corrected chi connectivity index (χ3v) is 7.49. The molecule has 0 spiro atoms. The molecule has 0 aromatic heterocycles. The van der Waals surface area contributed by atoms with E-state index in [0.717, 1.165) is 23.7 Å². The smallest absolute Gasteiger partial charge is 0.0789 e. The molecule has 0 N–H and O–H groups in total. The molecule has 0 radical (unpaired) electrons. The van der Waals surface area contributed by atoms with Crippen molar-refractivity contribution in [3.8, 4) is 0 Å². The van der Waals surface area contributed by atoms with E-state index in [1.165, 1.54) is 25.7 Å². The number of ether oxygens (including phenoxy) is 1. The summed E-state index contributed by atoms with van der Waals surface area (Å²) >= 11 is 4.00. The zero-order valence-corrected chi connectivity index (χ0v) is 13.1. The van der Waals surface area contributed by atoms with Gasteiger partial charge in [-0.3, -0.25) is 0 Å². The molecule has 4 fully saturated rings. The molecule has 4 aliphatic rings. The number of hydrogen-bond acceptors (Lipinski definition) is 1. The van der Waals surface area contributed by atoms with Crippen LogP contribution >= 0.6 is 15.9 Å². The largest absolute Gasteiger partial charge is 0.368 e. The summed E-state index contributed by atoms with van der Waals surface area (Å²) < 4.78 is 6.52. The van der Waals surface area contributed by atoms with E-state index in [2.05, 4.69) is 43.6 Å².